The minimum absolute atomic E-state index is 0.0902. The maximum Gasteiger partial charge on any atom is 0.254 e. The summed E-state index contributed by atoms with van der Waals surface area (Å²) in [5.74, 6) is -2.41. The van der Waals surface area contributed by atoms with E-state index in [0.29, 0.717) is 25.9 Å². The Hall–Kier alpha value is -1.23. The first-order valence-electron chi connectivity index (χ1n) is 6.99. The molecule has 0 amide bonds. The van der Waals surface area contributed by atoms with Gasteiger partial charge in [-0.05, 0) is 37.5 Å². The number of nitrogens with zero attached hydrogens (tertiary/aromatic N) is 2. The molecule has 2 aliphatic rings. The van der Waals surface area contributed by atoms with Gasteiger partial charge in [0.2, 0.25) is 0 Å². The monoisotopic (exact) mass is 294 g/mol. The van der Waals surface area contributed by atoms with Crippen LogP contribution in [-0.2, 0) is 0 Å². The number of fused-ring (bicyclic) bond motifs is 1. The first-order valence-corrected chi connectivity index (χ1v) is 7.81. The normalized spacial score (nSPS) is 23.4. The number of aryl methyl sites for hydroxylation is 1. The third-order valence-corrected chi connectivity index (χ3v) is 5.81. The highest BCUT2D eigenvalue weighted by Crippen LogP contribution is 2.66. The molecule has 0 N–H and O–H groups in total. The third-order valence-electron chi connectivity index (χ3n) is 4.74. The molecule has 1 aromatic carbocycles. The number of hydrogen-bond donors (Lipinski definition) is 0. The van der Waals surface area contributed by atoms with Gasteiger partial charge >= 0.3 is 0 Å². The Kier molecular flexibility index (Phi) is 2.44. The Bertz CT molecular complexity index is 672. The molecule has 106 valence electrons. The van der Waals surface area contributed by atoms with Gasteiger partial charge in [-0.25, -0.2) is 13.8 Å². The molecule has 2 aromatic rings. The Morgan fingerprint density at radius 1 is 1.25 bits per heavy atom. The second-order valence-electron chi connectivity index (χ2n) is 6.12. The summed E-state index contributed by atoms with van der Waals surface area (Å²) in [5, 5.41) is 0.976. The maximum atomic E-state index is 13.4. The molecule has 1 aromatic heterocycles. The zero-order valence-corrected chi connectivity index (χ0v) is 12.1. The molecule has 0 radical (unpaired) electrons. The summed E-state index contributed by atoms with van der Waals surface area (Å²) >= 11 is 1.67. The molecule has 0 unspecified atom stereocenters. The fourth-order valence-corrected chi connectivity index (χ4v) is 4.32. The first kappa shape index (κ1) is 12.5. The van der Waals surface area contributed by atoms with Crippen LogP contribution in [-0.4, -0.2) is 24.0 Å². The van der Waals surface area contributed by atoms with Gasteiger partial charge in [-0.3, -0.25) is 0 Å². The summed E-state index contributed by atoms with van der Waals surface area (Å²) in [6, 6.07) is 6.23. The van der Waals surface area contributed by atoms with Crippen LogP contribution in [0.1, 0.15) is 24.8 Å². The van der Waals surface area contributed by atoms with Crippen molar-refractivity contribution in [2.24, 2.45) is 5.41 Å². The van der Waals surface area contributed by atoms with E-state index in [4.69, 9.17) is 0 Å². The number of hydrogen-bond acceptors (Lipinski definition) is 3. The molecule has 2 heterocycles. The standard InChI is InChI=1S/C15H16F2N2S/c1-10-2-3-11-12(8-10)20-13(18-11)19-6-4-14(5-7-19)9-15(14,16)17/h2-3,8H,4-7,9H2,1H3. The molecule has 1 aliphatic heterocycles. The minimum atomic E-state index is -2.41. The van der Waals surface area contributed by atoms with Gasteiger partial charge < -0.3 is 4.90 Å². The van der Waals surface area contributed by atoms with E-state index >= 15 is 0 Å². The van der Waals surface area contributed by atoms with Gasteiger partial charge in [0.1, 0.15) is 0 Å². The van der Waals surface area contributed by atoms with Crippen LogP contribution in [0.4, 0.5) is 13.9 Å². The summed E-state index contributed by atoms with van der Waals surface area (Å²) in [6.07, 6.45) is 1.27. The van der Waals surface area contributed by atoms with Crippen LogP contribution in [0.2, 0.25) is 0 Å². The Morgan fingerprint density at radius 3 is 2.60 bits per heavy atom. The van der Waals surface area contributed by atoms with Crippen molar-refractivity contribution in [1.29, 1.82) is 0 Å². The summed E-state index contributed by atoms with van der Waals surface area (Å²) in [5.41, 5.74) is 1.55. The summed E-state index contributed by atoms with van der Waals surface area (Å²) < 4.78 is 27.9. The highest BCUT2D eigenvalue weighted by atomic mass is 32.1. The Morgan fingerprint density at radius 2 is 1.95 bits per heavy atom. The number of thiazole rings is 1. The second-order valence-corrected chi connectivity index (χ2v) is 7.13. The molecule has 1 spiro atoms. The molecule has 1 saturated carbocycles. The molecule has 2 fully saturated rings. The largest absolute Gasteiger partial charge is 0.348 e. The van der Waals surface area contributed by atoms with E-state index in [9.17, 15) is 8.78 Å². The quantitative estimate of drug-likeness (QED) is 0.782. The van der Waals surface area contributed by atoms with E-state index in [1.54, 1.807) is 11.3 Å². The number of aromatic nitrogens is 1. The van der Waals surface area contributed by atoms with E-state index in [0.717, 1.165) is 10.6 Å². The Labute approximate surface area is 120 Å². The third kappa shape index (κ3) is 1.75. The molecule has 20 heavy (non-hydrogen) atoms. The molecule has 2 nitrogen and oxygen atoms in total. The topological polar surface area (TPSA) is 16.1 Å². The molecule has 1 aliphatic carbocycles. The van der Waals surface area contributed by atoms with Crippen molar-refractivity contribution in [1.82, 2.24) is 4.98 Å². The van der Waals surface area contributed by atoms with E-state index in [1.165, 1.54) is 10.3 Å². The van der Waals surface area contributed by atoms with Crippen LogP contribution in [0.15, 0.2) is 18.2 Å². The lowest BCUT2D eigenvalue weighted by atomic mass is 9.93. The van der Waals surface area contributed by atoms with Gasteiger partial charge in [0.25, 0.3) is 5.92 Å². The predicted molar refractivity (Wildman–Crippen MR) is 77.8 cm³/mol. The summed E-state index contributed by atoms with van der Waals surface area (Å²) in [6.45, 7) is 3.47. The zero-order valence-electron chi connectivity index (χ0n) is 11.3. The van der Waals surface area contributed by atoms with Crippen LogP contribution in [0, 0.1) is 12.3 Å². The molecule has 0 atom stereocenters. The number of piperidine rings is 1. The molecule has 4 rings (SSSR count). The highest BCUT2D eigenvalue weighted by molar-refractivity contribution is 7.22. The van der Waals surface area contributed by atoms with Crippen molar-refractivity contribution in [2.45, 2.75) is 32.1 Å². The van der Waals surface area contributed by atoms with Crippen molar-refractivity contribution in [3.8, 4) is 0 Å². The predicted octanol–water partition coefficient (Wildman–Crippen LogP) is 4.23. The van der Waals surface area contributed by atoms with Gasteiger partial charge in [-0.2, -0.15) is 0 Å². The molecule has 5 heteroatoms. The van der Waals surface area contributed by atoms with Crippen molar-refractivity contribution in [3.63, 3.8) is 0 Å². The van der Waals surface area contributed by atoms with Crippen molar-refractivity contribution in [3.05, 3.63) is 23.8 Å². The lowest BCUT2D eigenvalue weighted by Crippen LogP contribution is -2.36. The SMILES string of the molecule is Cc1ccc2nc(N3CCC4(CC3)CC4(F)F)sc2c1. The van der Waals surface area contributed by atoms with Crippen molar-refractivity contribution in [2.75, 3.05) is 18.0 Å². The molecule has 1 saturated heterocycles. The van der Waals surface area contributed by atoms with Crippen LogP contribution in [0.25, 0.3) is 10.2 Å². The van der Waals surface area contributed by atoms with Crippen LogP contribution >= 0.6 is 11.3 Å². The van der Waals surface area contributed by atoms with Gasteiger partial charge in [0.15, 0.2) is 5.13 Å². The van der Waals surface area contributed by atoms with Crippen LogP contribution in [0.5, 0.6) is 0 Å². The van der Waals surface area contributed by atoms with Gasteiger partial charge in [0.05, 0.1) is 10.2 Å². The van der Waals surface area contributed by atoms with E-state index in [-0.39, 0.29) is 6.42 Å². The van der Waals surface area contributed by atoms with Crippen molar-refractivity contribution >= 4 is 26.7 Å². The van der Waals surface area contributed by atoms with Gasteiger partial charge in [-0.15, -0.1) is 0 Å². The van der Waals surface area contributed by atoms with E-state index in [1.807, 2.05) is 6.07 Å². The fraction of sp³-hybridized carbons (Fsp3) is 0.533. The van der Waals surface area contributed by atoms with E-state index in [2.05, 4.69) is 28.9 Å². The number of rotatable bonds is 1. The highest BCUT2D eigenvalue weighted by Gasteiger charge is 2.70. The number of halogens is 2. The van der Waals surface area contributed by atoms with Gasteiger partial charge in [-0.1, -0.05) is 17.4 Å². The molecule has 0 bridgehead atoms. The smallest absolute Gasteiger partial charge is 0.254 e. The average Bonchev–Trinajstić information content (AvgIpc) is 2.77. The fourth-order valence-electron chi connectivity index (χ4n) is 3.20. The minimum Gasteiger partial charge on any atom is -0.348 e. The Balaban J connectivity index is 1.56. The van der Waals surface area contributed by atoms with Gasteiger partial charge in [0, 0.05) is 24.9 Å². The maximum absolute atomic E-state index is 13.4. The van der Waals surface area contributed by atoms with Crippen molar-refractivity contribution < 1.29 is 8.78 Å². The molecular weight excluding hydrogens is 278 g/mol. The summed E-state index contributed by atoms with van der Waals surface area (Å²) in [7, 11) is 0. The van der Waals surface area contributed by atoms with Crippen LogP contribution < -0.4 is 4.90 Å². The lowest BCUT2D eigenvalue weighted by molar-refractivity contribution is 0.0537. The zero-order chi connectivity index (χ0) is 14.0. The first-order chi connectivity index (χ1) is 9.49. The second kappa shape index (κ2) is 3.91. The average molecular weight is 294 g/mol. The van der Waals surface area contributed by atoms with Crippen LogP contribution in [0.3, 0.4) is 0 Å². The number of alkyl halides is 2. The number of benzene rings is 1. The number of anilines is 1. The lowest BCUT2D eigenvalue weighted by Gasteiger charge is -2.31. The molecular formula is C15H16F2N2S. The van der Waals surface area contributed by atoms with E-state index < -0.39 is 11.3 Å². The summed E-state index contributed by atoms with van der Waals surface area (Å²) in [4.78, 5) is 6.81.